The lowest BCUT2D eigenvalue weighted by atomic mass is 10.1. The van der Waals surface area contributed by atoms with E-state index in [4.69, 9.17) is 14.5 Å². The monoisotopic (exact) mass is 285 g/mol. The molecule has 2 aromatic rings. The minimum absolute atomic E-state index is 0.588. The summed E-state index contributed by atoms with van der Waals surface area (Å²) in [4.78, 5) is 9.31. The highest BCUT2D eigenvalue weighted by Gasteiger charge is 2.17. The number of fused-ring (bicyclic) bond motifs is 1. The van der Waals surface area contributed by atoms with Crippen LogP contribution in [-0.4, -0.2) is 30.7 Å². The van der Waals surface area contributed by atoms with Gasteiger partial charge in [0.15, 0.2) is 0 Å². The summed E-state index contributed by atoms with van der Waals surface area (Å²) in [7, 11) is 3.56. The van der Waals surface area contributed by atoms with E-state index in [0.29, 0.717) is 13.0 Å². The van der Waals surface area contributed by atoms with Gasteiger partial charge in [-0.1, -0.05) is 12.1 Å². The molecule has 0 saturated carbocycles. The zero-order valence-electron chi connectivity index (χ0n) is 12.3. The summed E-state index contributed by atoms with van der Waals surface area (Å²) in [6.45, 7) is 1.32. The molecule has 0 bridgehead atoms. The summed E-state index contributed by atoms with van der Waals surface area (Å²) in [5, 5.41) is 3.15. The van der Waals surface area contributed by atoms with Crippen molar-refractivity contribution in [2.45, 2.75) is 19.4 Å². The van der Waals surface area contributed by atoms with Crippen LogP contribution in [0.4, 0.5) is 5.82 Å². The van der Waals surface area contributed by atoms with Gasteiger partial charge in [0.1, 0.15) is 17.4 Å². The molecule has 1 aromatic carbocycles. The smallest absolute Gasteiger partial charge is 0.135 e. The Morgan fingerprint density at radius 1 is 1.33 bits per heavy atom. The largest absolute Gasteiger partial charge is 0.497 e. The van der Waals surface area contributed by atoms with Gasteiger partial charge in [0.05, 0.1) is 26.0 Å². The first-order chi connectivity index (χ1) is 10.3. The Hall–Kier alpha value is -2.14. The van der Waals surface area contributed by atoms with Crippen molar-refractivity contribution >= 4 is 5.82 Å². The van der Waals surface area contributed by atoms with Gasteiger partial charge in [-0.15, -0.1) is 0 Å². The molecule has 0 radical (unpaired) electrons. The Kier molecular flexibility index (Phi) is 4.01. The molecule has 110 valence electrons. The fourth-order valence-corrected chi connectivity index (χ4v) is 2.53. The number of aromatic nitrogens is 2. The van der Waals surface area contributed by atoms with Crippen LogP contribution < -0.4 is 10.1 Å². The zero-order valence-corrected chi connectivity index (χ0v) is 12.3. The average Bonchev–Trinajstić information content (AvgIpc) is 2.54. The van der Waals surface area contributed by atoms with Gasteiger partial charge in [-0.05, 0) is 17.7 Å². The number of hydrogen-bond donors (Lipinski definition) is 1. The Balaban J connectivity index is 1.91. The predicted molar refractivity (Wildman–Crippen MR) is 80.7 cm³/mol. The van der Waals surface area contributed by atoms with Gasteiger partial charge in [-0.2, -0.15) is 0 Å². The van der Waals surface area contributed by atoms with Gasteiger partial charge in [-0.3, -0.25) is 0 Å². The highest BCUT2D eigenvalue weighted by molar-refractivity contribution is 5.47. The van der Waals surface area contributed by atoms with E-state index >= 15 is 0 Å². The molecule has 0 fully saturated rings. The van der Waals surface area contributed by atoms with Gasteiger partial charge in [0.25, 0.3) is 0 Å². The first-order valence-corrected chi connectivity index (χ1v) is 7.07. The Labute approximate surface area is 124 Å². The third-order valence-electron chi connectivity index (χ3n) is 3.60. The normalized spacial score (nSPS) is 13.6. The minimum Gasteiger partial charge on any atom is -0.497 e. The van der Waals surface area contributed by atoms with E-state index in [1.165, 1.54) is 0 Å². The molecule has 3 rings (SSSR count). The second-order valence-electron chi connectivity index (χ2n) is 4.99. The summed E-state index contributed by atoms with van der Waals surface area (Å²) in [6, 6.07) is 8.01. The molecule has 0 aliphatic carbocycles. The Morgan fingerprint density at radius 2 is 2.24 bits per heavy atom. The molecule has 0 saturated heterocycles. The number of hydrogen-bond acceptors (Lipinski definition) is 5. The van der Waals surface area contributed by atoms with Crippen LogP contribution in [0.5, 0.6) is 5.75 Å². The topological polar surface area (TPSA) is 56.3 Å². The molecule has 2 heterocycles. The van der Waals surface area contributed by atoms with Crippen molar-refractivity contribution in [1.29, 1.82) is 0 Å². The first kappa shape index (κ1) is 13.8. The molecular weight excluding hydrogens is 266 g/mol. The standard InChI is InChI=1S/C16H19N3O2/c1-17-16-13-10-21-7-6-14(13)18-15(19-16)9-11-4-3-5-12(8-11)20-2/h3-5,8H,6-7,9-10H2,1-2H3,(H,17,18,19). The van der Waals surface area contributed by atoms with Crippen LogP contribution >= 0.6 is 0 Å². The average molecular weight is 285 g/mol. The number of benzene rings is 1. The van der Waals surface area contributed by atoms with E-state index < -0.39 is 0 Å². The second kappa shape index (κ2) is 6.10. The van der Waals surface area contributed by atoms with Crippen molar-refractivity contribution in [3.05, 3.63) is 46.9 Å². The molecule has 5 nitrogen and oxygen atoms in total. The first-order valence-electron chi connectivity index (χ1n) is 7.07. The number of anilines is 1. The van der Waals surface area contributed by atoms with Crippen LogP contribution in [0, 0.1) is 0 Å². The third kappa shape index (κ3) is 2.97. The lowest BCUT2D eigenvalue weighted by Gasteiger charge is -2.19. The van der Waals surface area contributed by atoms with Gasteiger partial charge in [0, 0.05) is 25.5 Å². The quantitative estimate of drug-likeness (QED) is 0.933. The van der Waals surface area contributed by atoms with Crippen molar-refractivity contribution in [3.63, 3.8) is 0 Å². The molecule has 0 amide bonds. The van der Waals surface area contributed by atoms with Crippen molar-refractivity contribution in [2.75, 3.05) is 26.1 Å². The molecule has 1 aliphatic rings. The highest BCUT2D eigenvalue weighted by Crippen LogP contribution is 2.23. The molecule has 1 N–H and O–H groups in total. The molecule has 5 heteroatoms. The van der Waals surface area contributed by atoms with Crippen LogP contribution in [0.3, 0.4) is 0 Å². The zero-order chi connectivity index (χ0) is 14.7. The summed E-state index contributed by atoms with van der Waals surface area (Å²) in [5.41, 5.74) is 3.32. The maximum absolute atomic E-state index is 5.49. The van der Waals surface area contributed by atoms with E-state index in [9.17, 15) is 0 Å². The lowest BCUT2D eigenvalue weighted by molar-refractivity contribution is 0.109. The molecule has 0 spiro atoms. The third-order valence-corrected chi connectivity index (χ3v) is 3.60. The molecular formula is C16H19N3O2. The van der Waals surface area contributed by atoms with E-state index in [0.717, 1.165) is 47.2 Å². The van der Waals surface area contributed by atoms with Gasteiger partial charge in [-0.25, -0.2) is 9.97 Å². The molecule has 21 heavy (non-hydrogen) atoms. The molecule has 0 unspecified atom stereocenters. The molecule has 1 aromatic heterocycles. The summed E-state index contributed by atoms with van der Waals surface area (Å²) in [6.07, 6.45) is 1.54. The van der Waals surface area contributed by atoms with Crippen LogP contribution in [0.2, 0.25) is 0 Å². The van der Waals surface area contributed by atoms with Crippen molar-refractivity contribution in [3.8, 4) is 5.75 Å². The maximum atomic E-state index is 5.49. The van der Waals surface area contributed by atoms with Crippen LogP contribution in [0.1, 0.15) is 22.6 Å². The lowest BCUT2D eigenvalue weighted by Crippen LogP contribution is -2.17. The van der Waals surface area contributed by atoms with Gasteiger partial charge in [0.2, 0.25) is 0 Å². The van der Waals surface area contributed by atoms with E-state index in [1.807, 2.05) is 25.2 Å². The summed E-state index contributed by atoms with van der Waals surface area (Å²) >= 11 is 0. The summed E-state index contributed by atoms with van der Waals surface area (Å²) in [5.74, 6) is 2.55. The van der Waals surface area contributed by atoms with Gasteiger partial charge < -0.3 is 14.8 Å². The minimum atomic E-state index is 0.588. The fraction of sp³-hybridized carbons (Fsp3) is 0.375. The molecule has 0 atom stereocenters. The van der Waals surface area contributed by atoms with E-state index in [2.05, 4.69) is 16.4 Å². The molecule has 1 aliphatic heterocycles. The fourth-order valence-electron chi connectivity index (χ4n) is 2.53. The van der Waals surface area contributed by atoms with Crippen molar-refractivity contribution < 1.29 is 9.47 Å². The van der Waals surface area contributed by atoms with E-state index in [-0.39, 0.29) is 0 Å². The second-order valence-corrected chi connectivity index (χ2v) is 4.99. The SMILES string of the molecule is CNc1nc(Cc2cccc(OC)c2)nc2c1COCC2. The summed E-state index contributed by atoms with van der Waals surface area (Å²) < 4.78 is 10.7. The maximum Gasteiger partial charge on any atom is 0.135 e. The predicted octanol–water partition coefficient (Wildman–Crippen LogP) is 2.19. The van der Waals surface area contributed by atoms with Crippen LogP contribution in [0.15, 0.2) is 24.3 Å². The number of rotatable bonds is 4. The number of nitrogens with zero attached hydrogens (tertiary/aromatic N) is 2. The van der Waals surface area contributed by atoms with Gasteiger partial charge >= 0.3 is 0 Å². The number of methoxy groups -OCH3 is 1. The Bertz CT molecular complexity index is 626. The number of ether oxygens (including phenoxy) is 2. The van der Waals surface area contributed by atoms with Crippen molar-refractivity contribution in [2.24, 2.45) is 0 Å². The van der Waals surface area contributed by atoms with Crippen LogP contribution in [0.25, 0.3) is 0 Å². The van der Waals surface area contributed by atoms with Crippen molar-refractivity contribution in [1.82, 2.24) is 9.97 Å². The van der Waals surface area contributed by atoms with Crippen LogP contribution in [-0.2, 0) is 24.2 Å². The Morgan fingerprint density at radius 3 is 3.05 bits per heavy atom. The number of nitrogens with one attached hydrogen (secondary N) is 1. The highest BCUT2D eigenvalue weighted by atomic mass is 16.5. The van der Waals surface area contributed by atoms with E-state index in [1.54, 1.807) is 7.11 Å².